The number of anilines is 2. The van der Waals surface area contributed by atoms with Gasteiger partial charge in [-0.3, -0.25) is 9.59 Å². The lowest BCUT2D eigenvalue weighted by Crippen LogP contribution is -2.17. The fourth-order valence-electron chi connectivity index (χ4n) is 3.76. The van der Waals surface area contributed by atoms with Crippen molar-refractivity contribution in [2.45, 2.75) is 51.9 Å². The number of amides is 2. The van der Waals surface area contributed by atoms with Gasteiger partial charge in [0.25, 0.3) is 5.91 Å². The van der Waals surface area contributed by atoms with Crippen LogP contribution in [-0.2, 0) is 4.79 Å². The molecule has 2 aromatic rings. The molecule has 2 N–H and O–H groups in total. The van der Waals surface area contributed by atoms with Crippen LogP contribution in [-0.4, -0.2) is 11.8 Å². The fraction of sp³-hybridized carbons (Fsp3) is 0.391. The van der Waals surface area contributed by atoms with Gasteiger partial charge in [-0.1, -0.05) is 56.4 Å². The van der Waals surface area contributed by atoms with Gasteiger partial charge >= 0.3 is 0 Å². The first kappa shape index (κ1) is 19.2. The summed E-state index contributed by atoms with van der Waals surface area (Å²) in [6.45, 7) is 1.87. The highest BCUT2D eigenvalue weighted by Gasteiger charge is 2.16. The van der Waals surface area contributed by atoms with Gasteiger partial charge in [0.15, 0.2) is 0 Å². The minimum absolute atomic E-state index is 0.0318. The summed E-state index contributed by atoms with van der Waals surface area (Å²) in [6, 6.07) is 14.8. The molecule has 4 nitrogen and oxygen atoms in total. The predicted molar refractivity (Wildman–Crippen MR) is 110 cm³/mol. The van der Waals surface area contributed by atoms with Crippen LogP contribution in [0.15, 0.2) is 48.5 Å². The molecule has 0 saturated heterocycles. The van der Waals surface area contributed by atoms with E-state index >= 15 is 0 Å². The maximum Gasteiger partial charge on any atom is 0.256 e. The van der Waals surface area contributed by atoms with E-state index in [1.165, 1.54) is 32.1 Å². The van der Waals surface area contributed by atoms with Crippen LogP contribution in [0.4, 0.5) is 11.4 Å². The normalized spacial score (nSPS) is 14.6. The lowest BCUT2D eigenvalue weighted by molar-refractivity contribution is -0.116. The van der Waals surface area contributed by atoms with Crippen LogP contribution in [0.5, 0.6) is 0 Å². The standard InChI is InChI=1S/C23H28N2O2/c1-17-20(23(27)24-19-11-6-3-7-12-19)13-8-14-21(17)25-22(26)16-15-18-9-4-2-5-10-18/h3,6-8,11-14,18H,2,4-5,9-10,15-16H2,1H3,(H,24,27)(H,25,26). The number of hydrogen-bond acceptors (Lipinski definition) is 2. The molecule has 1 saturated carbocycles. The quantitative estimate of drug-likeness (QED) is 0.706. The molecule has 1 aliphatic rings. The van der Waals surface area contributed by atoms with Crippen LogP contribution in [0.3, 0.4) is 0 Å². The number of para-hydroxylation sites is 1. The van der Waals surface area contributed by atoms with Gasteiger partial charge in [-0.2, -0.15) is 0 Å². The number of nitrogens with one attached hydrogen (secondary N) is 2. The second kappa shape index (κ2) is 9.36. The molecule has 1 aliphatic carbocycles. The summed E-state index contributed by atoms with van der Waals surface area (Å²) in [6.07, 6.45) is 7.93. The third-order valence-corrected chi connectivity index (χ3v) is 5.39. The van der Waals surface area contributed by atoms with E-state index in [2.05, 4.69) is 10.6 Å². The van der Waals surface area contributed by atoms with E-state index in [4.69, 9.17) is 0 Å². The molecule has 142 valence electrons. The predicted octanol–water partition coefficient (Wildman–Crippen LogP) is 5.55. The second-order valence-electron chi connectivity index (χ2n) is 7.39. The summed E-state index contributed by atoms with van der Waals surface area (Å²) in [7, 11) is 0. The Morgan fingerprint density at radius 2 is 1.67 bits per heavy atom. The first-order valence-corrected chi connectivity index (χ1v) is 9.89. The number of rotatable bonds is 6. The Kier molecular flexibility index (Phi) is 6.64. The molecule has 0 aromatic heterocycles. The van der Waals surface area contributed by atoms with Crippen molar-refractivity contribution in [3.05, 3.63) is 59.7 Å². The van der Waals surface area contributed by atoms with Crippen LogP contribution >= 0.6 is 0 Å². The van der Waals surface area contributed by atoms with E-state index in [0.717, 1.165) is 17.7 Å². The molecule has 0 aliphatic heterocycles. The average Bonchev–Trinajstić information content (AvgIpc) is 2.69. The minimum atomic E-state index is -0.169. The lowest BCUT2D eigenvalue weighted by Gasteiger charge is -2.21. The monoisotopic (exact) mass is 364 g/mol. The van der Waals surface area contributed by atoms with E-state index < -0.39 is 0 Å². The summed E-state index contributed by atoms with van der Waals surface area (Å²) in [5, 5.41) is 5.89. The zero-order valence-corrected chi connectivity index (χ0v) is 16.0. The summed E-state index contributed by atoms with van der Waals surface area (Å²) in [4.78, 5) is 24.9. The van der Waals surface area contributed by atoms with Gasteiger partial charge < -0.3 is 10.6 Å². The molecular formula is C23H28N2O2. The highest BCUT2D eigenvalue weighted by Crippen LogP contribution is 2.27. The van der Waals surface area contributed by atoms with Crippen molar-refractivity contribution < 1.29 is 9.59 Å². The number of benzene rings is 2. The van der Waals surface area contributed by atoms with Crippen LogP contribution in [0.1, 0.15) is 60.9 Å². The molecule has 27 heavy (non-hydrogen) atoms. The molecule has 0 spiro atoms. The van der Waals surface area contributed by atoms with E-state index in [1.807, 2.05) is 49.4 Å². The Bertz CT molecular complexity index is 780. The van der Waals surface area contributed by atoms with Crippen molar-refractivity contribution in [3.63, 3.8) is 0 Å². The molecule has 1 fully saturated rings. The largest absolute Gasteiger partial charge is 0.326 e. The van der Waals surface area contributed by atoms with Crippen molar-refractivity contribution in [1.29, 1.82) is 0 Å². The van der Waals surface area contributed by atoms with Crippen molar-refractivity contribution in [3.8, 4) is 0 Å². The highest BCUT2D eigenvalue weighted by molar-refractivity contribution is 6.06. The van der Waals surface area contributed by atoms with Crippen molar-refractivity contribution in [1.82, 2.24) is 0 Å². The van der Waals surface area contributed by atoms with Gasteiger partial charge in [-0.05, 0) is 49.1 Å². The average molecular weight is 364 g/mol. The lowest BCUT2D eigenvalue weighted by atomic mass is 9.86. The number of hydrogen-bond donors (Lipinski definition) is 2. The van der Waals surface area contributed by atoms with Gasteiger partial charge in [-0.15, -0.1) is 0 Å². The van der Waals surface area contributed by atoms with E-state index in [1.54, 1.807) is 6.07 Å². The highest BCUT2D eigenvalue weighted by atomic mass is 16.2. The zero-order chi connectivity index (χ0) is 19.1. The number of carbonyl (C=O) groups excluding carboxylic acids is 2. The summed E-state index contributed by atoms with van der Waals surface area (Å²) >= 11 is 0. The molecule has 3 rings (SSSR count). The summed E-state index contributed by atoms with van der Waals surface area (Å²) in [5.74, 6) is 0.551. The summed E-state index contributed by atoms with van der Waals surface area (Å²) < 4.78 is 0. The molecule has 0 atom stereocenters. The second-order valence-corrected chi connectivity index (χ2v) is 7.39. The smallest absolute Gasteiger partial charge is 0.256 e. The summed E-state index contributed by atoms with van der Waals surface area (Å²) in [5.41, 5.74) is 2.83. The van der Waals surface area contributed by atoms with Crippen LogP contribution in [0, 0.1) is 12.8 Å². The van der Waals surface area contributed by atoms with Crippen molar-refractivity contribution in [2.24, 2.45) is 5.92 Å². The molecule has 2 aromatic carbocycles. The minimum Gasteiger partial charge on any atom is -0.326 e. The van der Waals surface area contributed by atoms with Crippen molar-refractivity contribution >= 4 is 23.2 Å². The molecule has 4 heteroatoms. The van der Waals surface area contributed by atoms with Crippen LogP contribution in [0.25, 0.3) is 0 Å². The Morgan fingerprint density at radius 3 is 2.41 bits per heavy atom. The van der Waals surface area contributed by atoms with E-state index in [0.29, 0.717) is 23.6 Å². The molecule has 2 amide bonds. The first-order chi connectivity index (χ1) is 13.1. The van der Waals surface area contributed by atoms with Crippen LogP contribution < -0.4 is 10.6 Å². The third kappa shape index (κ3) is 5.43. The zero-order valence-electron chi connectivity index (χ0n) is 16.0. The van der Waals surface area contributed by atoms with Gasteiger partial charge in [0.2, 0.25) is 5.91 Å². The fourth-order valence-corrected chi connectivity index (χ4v) is 3.76. The topological polar surface area (TPSA) is 58.2 Å². The Balaban J connectivity index is 1.60. The molecule has 0 heterocycles. The van der Waals surface area contributed by atoms with Crippen molar-refractivity contribution in [2.75, 3.05) is 10.6 Å². The SMILES string of the molecule is Cc1c(NC(=O)CCC2CCCCC2)cccc1C(=O)Nc1ccccc1. The molecule has 0 bridgehead atoms. The van der Waals surface area contributed by atoms with E-state index in [-0.39, 0.29) is 11.8 Å². The maximum atomic E-state index is 12.6. The molecular weight excluding hydrogens is 336 g/mol. The Hall–Kier alpha value is -2.62. The molecule has 0 radical (unpaired) electrons. The van der Waals surface area contributed by atoms with Crippen LogP contribution in [0.2, 0.25) is 0 Å². The van der Waals surface area contributed by atoms with E-state index in [9.17, 15) is 9.59 Å². The van der Waals surface area contributed by atoms with Gasteiger partial charge in [0, 0.05) is 23.4 Å². The van der Waals surface area contributed by atoms with Gasteiger partial charge in [-0.25, -0.2) is 0 Å². The first-order valence-electron chi connectivity index (χ1n) is 9.89. The van der Waals surface area contributed by atoms with Gasteiger partial charge in [0.1, 0.15) is 0 Å². The third-order valence-electron chi connectivity index (χ3n) is 5.39. The maximum absolute atomic E-state index is 12.6. The molecule has 0 unspecified atom stereocenters. The Morgan fingerprint density at radius 1 is 0.926 bits per heavy atom. The Labute approximate surface area is 161 Å². The van der Waals surface area contributed by atoms with Gasteiger partial charge in [0.05, 0.1) is 0 Å². The number of carbonyl (C=O) groups is 2.